The number of methoxy groups -OCH3 is 1. The number of benzene rings is 1. The quantitative estimate of drug-likeness (QED) is 0.742. The number of aromatic nitrogens is 1. The Morgan fingerprint density at radius 3 is 2.54 bits per heavy atom. The van der Waals surface area contributed by atoms with Crippen LogP contribution in [0.4, 0.5) is 0 Å². The first kappa shape index (κ1) is 7.92. The van der Waals surface area contributed by atoms with Gasteiger partial charge in [-0.05, 0) is 5.56 Å². The van der Waals surface area contributed by atoms with Crippen LogP contribution in [0.5, 0.6) is 5.75 Å². The van der Waals surface area contributed by atoms with Gasteiger partial charge >= 0.3 is 0 Å². The van der Waals surface area contributed by atoms with E-state index in [-0.39, 0.29) is 0 Å². The van der Waals surface area contributed by atoms with E-state index in [1.807, 2.05) is 30.5 Å². The average Bonchev–Trinajstić information content (AvgIpc) is 2.67. The minimum Gasteiger partial charge on any atom is -0.495 e. The molecule has 0 aliphatic carbocycles. The van der Waals surface area contributed by atoms with E-state index in [9.17, 15) is 0 Å². The van der Waals surface area contributed by atoms with E-state index in [0.29, 0.717) is 0 Å². The molecule has 2 nitrogen and oxygen atoms in total. The van der Waals surface area contributed by atoms with Gasteiger partial charge in [0.25, 0.3) is 0 Å². The van der Waals surface area contributed by atoms with Gasteiger partial charge < -0.3 is 9.72 Å². The van der Waals surface area contributed by atoms with Crippen LogP contribution in [0.15, 0.2) is 42.6 Å². The largest absolute Gasteiger partial charge is 0.495 e. The molecular formula is C11H11NO. The molecule has 0 spiro atoms. The van der Waals surface area contributed by atoms with E-state index in [2.05, 4.69) is 17.1 Å². The van der Waals surface area contributed by atoms with Gasteiger partial charge in [0.15, 0.2) is 0 Å². The summed E-state index contributed by atoms with van der Waals surface area (Å²) in [6.45, 7) is 0. The molecule has 2 heteroatoms. The maximum atomic E-state index is 5.09. The standard InChI is InChI=1S/C11H11NO/c1-13-10-7-11(12-8-10)9-5-3-2-4-6-9/h2-8,12H,1H3. The lowest BCUT2D eigenvalue weighted by Gasteiger charge is -1.94. The molecule has 1 heterocycles. The molecule has 0 bridgehead atoms. The highest BCUT2D eigenvalue weighted by Gasteiger charge is 1.99. The lowest BCUT2D eigenvalue weighted by Crippen LogP contribution is -1.76. The number of hydrogen-bond donors (Lipinski definition) is 1. The van der Waals surface area contributed by atoms with Gasteiger partial charge in [-0.15, -0.1) is 0 Å². The summed E-state index contributed by atoms with van der Waals surface area (Å²) in [6, 6.07) is 12.1. The van der Waals surface area contributed by atoms with Gasteiger partial charge in [0.2, 0.25) is 0 Å². The van der Waals surface area contributed by atoms with E-state index < -0.39 is 0 Å². The van der Waals surface area contributed by atoms with Crippen molar-refractivity contribution in [1.82, 2.24) is 4.98 Å². The number of hydrogen-bond acceptors (Lipinski definition) is 1. The van der Waals surface area contributed by atoms with Gasteiger partial charge in [0.1, 0.15) is 5.75 Å². The smallest absolute Gasteiger partial charge is 0.136 e. The average molecular weight is 173 g/mol. The number of aromatic amines is 1. The minimum absolute atomic E-state index is 0.860. The van der Waals surface area contributed by atoms with Crippen LogP contribution in [0.25, 0.3) is 11.3 Å². The van der Waals surface area contributed by atoms with Gasteiger partial charge in [0.05, 0.1) is 7.11 Å². The Morgan fingerprint density at radius 1 is 1.15 bits per heavy atom. The van der Waals surface area contributed by atoms with E-state index in [0.717, 1.165) is 11.4 Å². The van der Waals surface area contributed by atoms with Crippen molar-refractivity contribution in [2.24, 2.45) is 0 Å². The Bertz CT molecular complexity index is 378. The summed E-state index contributed by atoms with van der Waals surface area (Å²) in [5.74, 6) is 0.860. The molecule has 0 amide bonds. The summed E-state index contributed by atoms with van der Waals surface area (Å²) in [4.78, 5) is 3.15. The summed E-state index contributed by atoms with van der Waals surface area (Å²) >= 11 is 0. The third-order valence-electron chi connectivity index (χ3n) is 1.98. The molecule has 66 valence electrons. The highest BCUT2D eigenvalue weighted by Crippen LogP contribution is 2.21. The van der Waals surface area contributed by atoms with Crippen molar-refractivity contribution < 1.29 is 4.74 Å². The van der Waals surface area contributed by atoms with Gasteiger partial charge in [-0.2, -0.15) is 0 Å². The molecular weight excluding hydrogens is 162 g/mol. The summed E-state index contributed by atoms with van der Waals surface area (Å²) in [7, 11) is 1.66. The van der Waals surface area contributed by atoms with Crippen LogP contribution in [0.3, 0.4) is 0 Å². The van der Waals surface area contributed by atoms with Crippen molar-refractivity contribution in [3.63, 3.8) is 0 Å². The van der Waals surface area contributed by atoms with Crippen LogP contribution in [0.1, 0.15) is 0 Å². The SMILES string of the molecule is COc1c[nH]c(-c2ccccc2)c1. The molecule has 0 unspecified atom stereocenters. The van der Waals surface area contributed by atoms with Gasteiger partial charge in [-0.25, -0.2) is 0 Å². The van der Waals surface area contributed by atoms with Crippen LogP contribution in [-0.4, -0.2) is 12.1 Å². The summed E-state index contributed by atoms with van der Waals surface area (Å²) in [5.41, 5.74) is 2.25. The normalized spacial score (nSPS) is 9.92. The van der Waals surface area contributed by atoms with Gasteiger partial charge in [0, 0.05) is 18.0 Å². The molecule has 0 radical (unpaired) electrons. The zero-order valence-electron chi connectivity index (χ0n) is 7.45. The lowest BCUT2D eigenvalue weighted by atomic mass is 10.2. The second-order valence-corrected chi connectivity index (χ2v) is 2.82. The van der Waals surface area contributed by atoms with Crippen molar-refractivity contribution >= 4 is 0 Å². The van der Waals surface area contributed by atoms with E-state index >= 15 is 0 Å². The number of rotatable bonds is 2. The third kappa shape index (κ3) is 1.56. The predicted molar refractivity (Wildman–Crippen MR) is 52.8 cm³/mol. The van der Waals surface area contributed by atoms with Crippen molar-refractivity contribution in [1.29, 1.82) is 0 Å². The van der Waals surface area contributed by atoms with Crippen LogP contribution in [-0.2, 0) is 0 Å². The van der Waals surface area contributed by atoms with E-state index in [4.69, 9.17) is 4.74 Å². The molecule has 2 aromatic rings. The first-order chi connectivity index (χ1) is 6.40. The Labute approximate surface area is 77.2 Å². The molecule has 0 saturated carbocycles. The first-order valence-corrected chi connectivity index (χ1v) is 4.18. The molecule has 0 aliphatic rings. The summed E-state index contributed by atoms with van der Waals surface area (Å²) in [6.07, 6.45) is 1.85. The predicted octanol–water partition coefficient (Wildman–Crippen LogP) is 2.69. The van der Waals surface area contributed by atoms with Gasteiger partial charge in [-0.1, -0.05) is 30.3 Å². The molecule has 1 N–H and O–H groups in total. The molecule has 1 aromatic carbocycles. The fourth-order valence-corrected chi connectivity index (χ4v) is 1.28. The first-order valence-electron chi connectivity index (χ1n) is 4.18. The van der Waals surface area contributed by atoms with Crippen LogP contribution < -0.4 is 4.74 Å². The third-order valence-corrected chi connectivity index (χ3v) is 1.98. The molecule has 2 rings (SSSR count). The second-order valence-electron chi connectivity index (χ2n) is 2.82. The van der Waals surface area contributed by atoms with E-state index in [1.54, 1.807) is 7.11 Å². The molecule has 0 fully saturated rings. The Hall–Kier alpha value is -1.70. The topological polar surface area (TPSA) is 25.0 Å². The maximum absolute atomic E-state index is 5.09. The molecule has 1 aromatic heterocycles. The summed E-state index contributed by atoms with van der Waals surface area (Å²) < 4.78 is 5.09. The van der Waals surface area contributed by atoms with Crippen LogP contribution >= 0.6 is 0 Å². The Balaban J connectivity index is 2.36. The molecule has 0 saturated heterocycles. The minimum atomic E-state index is 0.860. The zero-order valence-corrected chi connectivity index (χ0v) is 7.45. The molecule has 13 heavy (non-hydrogen) atoms. The lowest BCUT2D eigenvalue weighted by molar-refractivity contribution is 0.415. The maximum Gasteiger partial charge on any atom is 0.136 e. The fraction of sp³-hybridized carbons (Fsp3) is 0.0909. The van der Waals surface area contributed by atoms with Crippen molar-refractivity contribution in [3.8, 4) is 17.0 Å². The second kappa shape index (κ2) is 3.35. The number of H-pyrrole nitrogens is 1. The van der Waals surface area contributed by atoms with Gasteiger partial charge in [-0.3, -0.25) is 0 Å². The number of ether oxygens (including phenoxy) is 1. The Morgan fingerprint density at radius 2 is 1.92 bits per heavy atom. The zero-order chi connectivity index (χ0) is 9.10. The summed E-state index contributed by atoms with van der Waals surface area (Å²) in [5, 5.41) is 0. The van der Waals surface area contributed by atoms with Crippen LogP contribution in [0, 0.1) is 0 Å². The fourth-order valence-electron chi connectivity index (χ4n) is 1.28. The highest BCUT2D eigenvalue weighted by molar-refractivity contribution is 5.61. The monoisotopic (exact) mass is 173 g/mol. The van der Waals surface area contributed by atoms with E-state index in [1.165, 1.54) is 5.56 Å². The van der Waals surface area contributed by atoms with Crippen molar-refractivity contribution in [2.45, 2.75) is 0 Å². The van der Waals surface area contributed by atoms with Crippen molar-refractivity contribution in [2.75, 3.05) is 7.11 Å². The van der Waals surface area contributed by atoms with Crippen molar-refractivity contribution in [3.05, 3.63) is 42.6 Å². The molecule has 0 atom stereocenters. The number of nitrogens with one attached hydrogen (secondary N) is 1. The molecule has 0 aliphatic heterocycles. The van der Waals surface area contributed by atoms with Crippen LogP contribution in [0.2, 0.25) is 0 Å². The Kier molecular flexibility index (Phi) is 2.04. The highest BCUT2D eigenvalue weighted by atomic mass is 16.5.